The lowest BCUT2D eigenvalue weighted by Crippen LogP contribution is -2.43. The fourth-order valence-corrected chi connectivity index (χ4v) is 3.32. The van der Waals surface area contributed by atoms with Crippen LogP contribution in [0, 0.1) is 5.92 Å². The number of fused-ring (bicyclic) bond motifs is 1. The second-order valence-electron chi connectivity index (χ2n) is 5.81. The lowest BCUT2D eigenvalue weighted by molar-refractivity contribution is -0.117. The first-order valence-electron chi connectivity index (χ1n) is 6.91. The number of halogens is 1. The molecule has 5 heteroatoms. The average molecular weight is 340 g/mol. The molecule has 2 unspecified atom stereocenters. The SMILES string of the molecule is CC(C)C(CNC1C(=O)Nc2cccc(Br)c21)N(C)C. The van der Waals surface area contributed by atoms with Crippen LogP contribution in [0.2, 0.25) is 0 Å². The lowest BCUT2D eigenvalue weighted by atomic mass is 10.0. The van der Waals surface area contributed by atoms with Crippen LogP contribution in [0.4, 0.5) is 5.69 Å². The van der Waals surface area contributed by atoms with Gasteiger partial charge >= 0.3 is 0 Å². The number of amides is 1. The molecule has 2 atom stereocenters. The van der Waals surface area contributed by atoms with Crippen LogP contribution >= 0.6 is 15.9 Å². The molecule has 1 aromatic carbocycles. The molecule has 0 bridgehead atoms. The van der Waals surface area contributed by atoms with Crippen molar-refractivity contribution < 1.29 is 4.79 Å². The van der Waals surface area contributed by atoms with Crippen molar-refractivity contribution >= 4 is 27.5 Å². The third-order valence-corrected chi connectivity index (χ3v) is 4.52. The molecular formula is C15H22BrN3O. The molecule has 1 heterocycles. The Morgan fingerprint density at radius 1 is 1.40 bits per heavy atom. The van der Waals surface area contributed by atoms with Gasteiger partial charge in [0.15, 0.2) is 0 Å². The molecule has 0 aliphatic carbocycles. The van der Waals surface area contributed by atoms with Gasteiger partial charge in [-0.1, -0.05) is 35.8 Å². The van der Waals surface area contributed by atoms with E-state index in [1.807, 2.05) is 18.2 Å². The van der Waals surface area contributed by atoms with Crippen molar-refractivity contribution in [2.75, 3.05) is 26.0 Å². The minimum Gasteiger partial charge on any atom is -0.324 e. The predicted molar refractivity (Wildman–Crippen MR) is 85.8 cm³/mol. The van der Waals surface area contributed by atoms with Crippen LogP contribution in [-0.4, -0.2) is 37.5 Å². The zero-order valence-corrected chi connectivity index (χ0v) is 14.0. The zero-order chi connectivity index (χ0) is 14.9. The van der Waals surface area contributed by atoms with Gasteiger partial charge in [-0.05, 0) is 32.1 Å². The zero-order valence-electron chi connectivity index (χ0n) is 12.4. The van der Waals surface area contributed by atoms with Crippen molar-refractivity contribution in [2.24, 2.45) is 5.92 Å². The highest BCUT2D eigenvalue weighted by atomic mass is 79.9. The van der Waals surface area contributed by atoms with Gasteiger partial charge in [-0.2, -0.15) is 0 Å². The maximum Gasteiger partial charge on any atom is 0.246 e. The highest BCUT2D eigenvalue weighted by Crippen LogP contribution is 2.36. The van der Waals surface area contributed by atoms with Gasteiger partial charge in [0.1, 0.15) is 6.04 Å². The summed E-state index contributed by atoms with van der Waals surface area (Å²) in [5.41, 5.74) is 1.91. The van der Waals surface area contributed by atoms with E-state index in [-0.39, 0.29) is 11.9 Å². The highest BCUT2D eigenvalue weighted by molar-refractivity contribution is 9.10. The Balaban J connectivity index is 2.13. The number of anilines is 1. The molecule has 0 spiro atoms. The Labute approximate surface area is 129 Å². The Kier molecular flexibility index (Phi) is 4.83. The van der Waals surface area contributed by atoms with Crippen LogP contribution < -0.4 is 10.6 Å². The summed E-state index contributed by atoms with van der Waals surface area (Å²) in [5.74, 6) is 0.550. The first-order chi connectivity index (χ1) is 9.41. The largest absolute Gasteiger partial charge is 0.324 e. The monoisotopic (exact) mass is 339 g/mol. The normalized spacial score (nSPS) is 19.4. The van der Waals surface area contributed by atoms with E-state index < -0.39 is 0 Å². The van der Waals surface area contributed by atoms with E-state index in [2.05, 4.69) is 59.4 Å². The number of carbonyl (C=O) groups excluding carboxylic acids is 1. The molecule has 0 saturated heterocycles. The summed E-state index contributed by atoms with van der Waals surface area (Å²) in [6.07, 6.45) is 0. The number of hydrogen-bond acceptors (Lipinski definition) is 3. The molecule has 4 nitrogen and oxygen atoms in total. The van der Waals surface area contributed by atoms with Crippen molar-refractivity contribution in [3.05, 3.63) is 28.2 Å². The molecule has 1 aromatic rings. The smallest absolute Gasteiger partial charge is 0.246 e. The third kappa shape index (κ3) is 3.05. The predicted octanol–water partition coefficient (Wildman–Crippen LogP) is 2.62. The first-order valence-corrected chi connectivity index (χ1v) is 7.70. The minimum absolute atomic E-state index is 0.0214. The summed E-state index contributed by atoms with van der Waals surface area (Å²) < 4.78 is 0.969. The summed E-state index contributed by atoms with van der Waals surface area (Å²) in [4.78, 5) is 14.3. The number of likely N-dealkylation sites (N-methyl/N-ethyl adjacent to an activating group) is 1. The van der Waals surface area contributed by atoms with Gasteiger partial charge in [-0.3, -0.25) is 4.79 Å². The Hall–Kier alpha value is -0.910. The van der Waals surface area contributed by atoms with Gasteiger partial charge in [0.2, 0.25) is 5.91 Å². The number of hydrogen-bond donors (Lipinski definition) is 2. The van der Waals surface area contributed by atoms with E-state index in [1.165, 1.54) is 0 Å². The fraction of sp³-hybridized carbons (Fsp3) is 0.533. The number of nitrogens with zero attached hydrogens (tertiary/aromatic N) is 1. The van der Waals surface area contributed by atoms with Gasteiger partial charge in [0, 0.05) is 28.3 Å². The van der Waals surface area contributed by atoms with E-state index >= 15 is 0 Å². The van der Waals surface area contributed by atoms with Gasteiger partial charge < -0.3 is 15.5 Å². The molecule has 2 N–H and O–H groups in total. The van der Waals surface area contributed by atoms with Crippen molar-refractivity contribution in [1.29, 1.82) is 0 Å². The fourth-order valence-electron chi connectivity index (χ4n) is 2.72. The molecule has 110 valence electrons. The molecule has 1 aliphatic rings. The summed E-state index contributed by atoms with van der Waals surface area (Å²) in [7, 11) is 4.15. The van der Waals surface area contributed by atoms with E-state index in [1.54, 1.807) is 0 Å². The average Bonchev–Trinajstić information content (AvgIpc) is 2.66. The highest BCUT2D eigenvalue weighted by Gasteiger charge is 2.32. The van der Waals surface area contributed by atoms with E-state index in [0.717, 1.165) is 22.3 Å². The van der Waals surface area contributed by atoms with Crippen LogP contribution in [0.15, 0.2) is 22.7 Å². The molecule has 0 aromatic heterocycles. The Morgan fingerprint density at radius 3 is 2.70 bits per heavy atom. The minimum atomic E-state index is -0.276. The van der Waals surface area contributed by atoms with Crippen LogP contribution in [0.25, 0.3) is 0 Å². The Bertz CT molecular complexity index is 494. The molecule has 2 rings (SSSR count). The number of nitrogens with one attached hydrogen (secondary N) is 2. The van der Waals surface area contributed by atoms with Crippen molar-refractivity contribution in [2.45, 2.75) is 25.9 Å². The quantitative estimate of drug-likeness (QED) is 0.866. The number of carbonyl (C=O) groups is 1. The van der Waals surface area contributed by atoms with Crippen molar-refractivity contribution in [1.82, 2.24) is 10.2 Å². The maximum atomic E-state index is 12.1. The molecule has 0 fully saturated rings. The summed E-state index contributed by atoms with van der Waals surface area (Å²) in [6, 6.07) is 5.96. The number of benzene rings is 1. The van der Waals surface area contributed by atoms with Crippen LogP contribution in [0.3, 0.4) is 0 Å². The Morgan fingerprint density at radius 2 is 2.10 bits per heavy atom. The van der Waals surface area contributed by atoms with E-state index in [9.17, 15) is 4.79 Å². The number of rotatable bonds is 5. The third-order valence-electron chi connectivity index (χ3n) is 3.83. The standard InChI is InChI=1S/C15H22BrN3O/c1-9(2)12(19(3)4)8-17-14-13-10(16)6-5-7-11(13)18-15(14)20/h5-7,9,12,14,17H,8H2,1-4H3,(H,18,20). The first kappa shape index (κ1) is 15.5. The molecular weight excluding hydrogens is 318 g/mol. The summed E-state index contributed by atoms with van der Waals surface area (Å²) in [6.45, 7) is 5.18. The van der Waals surface area contributed by atoms with Gasteiger partial charge in [-0.25, -0.2) is 0 Å². The van der Waals surface area contributed by atoms with Gasteiger partial charge in [0.25, 0.3) is 0 Å². The van der Waals surface area contributed by atoms with Gasteiger partial charge in [-0.15, -0.1) is 0 Å². The van der Waals surface area contributed by atoms with Gasteiger partial charge in [0.05, 0.1) is 0 Å². The molecule has 0 saturated carbocycles. The van der Waals surface area contributed by atoms with E-state index in [4.69, 9.17) is 0 Å². The summed E-state index contributed by atoms with van der Waals surface area (Å²) >= 11 is 3.54. The molecule has 1 amide bonds. The van der Waals surface area contributed by atoms with Crippen molar-refractivity contribution in [3.63, 3.8) is 0 Å². The van der Waals surface area contributed by atoms with Crippen LogP contribution in [0.5, 0.6) is 0 Å². The molecule has 1 aliphatic heterocycles. The second-order valence-corrected chi connectivity index (χ2v) is 6.66. The topological polar surface area (TPSA) is 44.4 Å². The van der Waals surface area contributed by atoms with Crippen LogP contribution in [0.1, 0.15) is 25.5 Å². The van der Waals surface area contributed by atoms with Crippen molar-refractivity contribution in [3.8, 4) is 0 Å². The van der Waals surface area contributed by atoms with Crippen LogP contribution in [-0.2, 0) is 4.79 Å². The summed E-state index contributed by atoms with van der Waals surface area (Å²) in [5, 5.41) is 6.33. The maximum absolute atomic E-state index is 12.1. The van der Waals surface area contributed by atoms with E-state index in [0.29, 0.717) is 12.0 Å². The molecule has 20 heavy (non-hydrogen) atoms. The molecule has 0 radical (unpaired) electrons. The second kappa shape index (κ2) is 6.24. The lowest BCUT2D eigenvalue weighted by Gasteiger charge is -2.29.